The van der Waals surface area contributed by atoms with E-state index in [2.05, 4.69) is 10.6 Å². The van der Waals surface area contributed by atoms with Crippen LogP contribution in [-0.4, -0.2) is 18.1 Å². The number of carbonyl (C=O) groups is 1. The van der Waals surface area contributed by atoms with Crippen molar-refractivity contribution in [1.82, 2.24) is 0 Å². The van der Waals surface area contributed by atoms with Gasteiger partial charge in [0.15, 0.2) is 5.75 Å². The standard InChI is InChI=1S/C16H17N3O4/c1-10-5-4-6-12(7-10)17-16(20)18-13-9-15(23-3)14(19(21)22)8-11(13)2/h4-9H,1-3H3,(H2,17,18,20). The molecule has 0 fully saturated rings. The minimum absolute atomic E-state index is 0.0893. The molecule has 2 rings (SSSR count). The molecule has 2 aromatic rings. The Morgan fingerprint density at radius 1 is 1.17 bits per heavy atom. The van der Waals surface area contributed by atoms with Crippen molar-refractivity contribution in [3.05, 3.63) is 57.6 Å². The van der Waals surface area contributed by atoms with Crippen LogP contribution in [0.25, 0.3) is 0 Å². The van der Waals surface area contributed by atoms with Crippen molar-refractivity contribution in [2.24, 2.45) is 0 Å². The molecular weight excluding hydrogens is 298 g/mol. The van der Waals surface area contributed by atoms with E-state index in [0.717, 1.165) is 5.56 Å². The predicted molar refractivity (Wildman–Crippen MR) is 88.2 cm³/mol. The first-order chi connectivity index (χ1) is 10.9. The minimum atomic E-state index is -0.525. The number of amides is 2. The molecule has 0 aromatic heterocycles. The third kappa shape index (κ3) is 3.97. The van der Waals surface area contributed by atoms with Crippen LogP contribution in [0, 0.1) is 24.0 Å². The van der Waals surface area contributed by atoms with Crippen molar-refractivity contribution >= 4 is 23.1 Å². The number of hydrogen-bond acceptors (Lipinski definition) is 4. The second kappa shape index (κ2) is 6.78. The van der Waals surface area contributed by atoms with Gasteiger partial charge in [-0.05, 0) is 37.1 Å². The Balaban J connectivity index is 2.19. The number of benzene rings is 2. The molecule has 2 N–H and O–H groups in total. The maximum atomic E-state index is 12.1. The molecule has 0 heterocycles. The van der Waals surface area contributed by atoms with Gasteiger partial charge in [0.25, 0.3) is 0 Å². The lowest BCUT2D eigenvalue weighted by Crippen LogP contribution is -2.20. The zero-order valence-corrected chi connectivity index (χ0v) is 13.0. The number of urea groups is 1. The first-order valence-corrected chi connectivity index (χ1v) is 6.88. The molecule has 0 atom stereocenters. The number of rotatable bonds is 4. The Labute approximate surface area is 133 Å². The van der Waals surface area contributed by atoms with E-state index >= 15 is 0 Å². The SMILES string of the molecule is COc1cc(NC(=O)Nc2cccc(C)c2)c(C)cc1[N+](=O)[O-]. The summed E-state index contributed by atoms with van der Waals surface area (Å²) in [6, 6.07) is 9.73. The number of anilines is 2. The fourth-order valence-electron chi connectivity index (χ4n) is 2.12. The van der Waals surface area contributed by atoms with Gasteiger partial charge in [0, 0.05) is 23.5 Å². The highest BCUT2D eigenvalue weighted by atomic mass is 16.6. The lowest BCUT2D eigenvalue weighted by atomic mass is 10.1. The number of methoxy groups -OCH3 is 1. The smallest absolute Gasteiger partial charge is 0.323 e. The number of nitrogens with zero attached hydrogens (tertiary/aromatic N) is 1. The Morgan fingerprint density at radius 3 is 2.52 bits per heavy atom. The Kier molecular flexibility index (Phi) is 4.80. The number of hydrogen-bond donors (Lipinski definition) is 2. The first-order valence-electron chi connectivity index (χ1n) is 6.88. The van der Waals surface area contributed by atoms with Crippen LogP contribution in [0.3, 0.4) is 0 Å². The van der Waals surface area contributed by atoms with E-state index in [1.807, 2.05) is 25.1 Å². The van der Waals surface area contributed by atoms with Crippen molar-refractivity contribution in [2.75, 3.05) is 17.7 Å². The summed E-state index contributed by atoms with van der Waals surface area (Å²) >= 11 is 0. The molecule has 0 aliphatic carbocycles. The zero-order chi connectivity index (χ0) is 17.0. The fraction of sp³-hybridized carbons (Fsp3) is 0.188. The van der Waals surface area contributed by atoms with Gasteiger partial charge in [-0.1, -0.05) is 12.1 Å². The maximum Gasteiger partial charge on any atom is 0.323 e. The topological polar surface area (TPSA) is 93.5 Å². The van der Waals surface area contributed by atoms with Crippen molar-refractivity contribution in [2.45, 2.75) is 13.8 Å². The van der Waals surface area contributed by atoms with E-state index in [9.17, 15) is 14.9 Å². The molecule has 7 heteroatoms. The Morgan fingerprint density at radius 2 is 1.91 bits per heavy atom. The summed E-state index contributed by atoms with van der Waals surface area (Å²) < 4.78 is 5.00. The molecule has 23 heavy (non-hydrogen) atoms. The fourth-order valence-corrected chi connectivity index (χ4v) is 2.12. The lowest BCUT2D eigenvalue weighted by Gasteiger charge is -2.12. The van der Waals surface area contributed by atoms with E-state index in [1.165, 1.54) is 19.2 Å². The van der Waals surface area contributed by atoms with Gasteiger partial charge in [-0.25, -0.2) is 4.79 Å². The van der Waals surface area contributed by atoms with Crippen LogP contribution >= 0.6 is 0 Å². The van der Waals surface area contributed by atoms with Crippen molar-refractivity contribution in [3.8, 4) is 5.75 Å². The molecule has 0 radical (unpaired) electrons. The second-order valence-electron chi connectivity index (χ2n) is 5.04. The number of nitro groups is 1. The zero-order valence-electron chi connectivity index (χ0n) is 13.0. The van der Waals surface area contributed by atoms with Crippen molar-refractivity contribution in [3.63, 3.8) is 0 Å². The number of ether oxygens (including phenoxy) is 1. The van der Waals surface area contributed by atoms with Gasteiger partial charge in [0.2, 0.25) is 0 Å². The predicted octanol–water partition coefficient (Wildman–Crippen LogP) is 3.86. The summed E-state index contributed by atoms with van der Waals surface area (Å²) in [7, 11) is 1.34. The van der Waals surface area contributed by atoms with Crippen molar-refractivity contribution in [1.29, 1.82) is 0 Å². The lowest BCUT2D eigenvalue weighted by molar-refractivity contribution is -0.385. The van der Waals surface area contributed by atoms with E-state index in [1.54, 1.807) is 13.0 Å². The summed E-state index contributed by atoms with van der Waals surface area (Å²) in [6.07, 6.45) is 0. The van der Waals surface area contributed by atoms with Crippen LogP contribution in [0.15, 0.2) is 36.4 Å². The number of carbonyl (C=O) groups excluding carboxylic acids is 1. The van der Waals surface area contributed by atoms with Gasteiger partial charge < -0.3 is 15.4 Å². The van der Waals surface area contributed by atoms with Gasteiger partial charge in [0.1, 0.15) is 0 Å². The largest absolute Gasteiger partial charge is 0.490 e. The summed E-state index contributed by atoms with van der Waals surface area (Å²) in [4.78, 5) is 22.5. The molecule has 7 nitrogen and oxygen atoms in total. The highest BCUT2D eigenvalue weighted by Gasteiger charge is 2.18. The molecule has 0 saturated carbocycles. The molecule has 2 aromatic carbocycles. The molecule has 2 amide bonds. The Hall–Kier alpha value is -3.09. The summed E-state index contributed by atoms with van der Waals surface area (Å²) in [6.45, 7) is 3.60. The molecule has 0 saturated heterocycles. The molecule has 0 aliphatic rings. The molecule has 0 aliphatic heterocycles. The summed E-state index contributed by atoms with van der Waals surface area (Å²) in [5.74, 6) is 0.0893. The highest BCUT2D eigenvalue weighted by Crippen LogP contribution is 2.32. The van der Waals surface area contributed by atoms with Gasteiger partial charge in [-0.2, -0.15) is 0 Å². The van der Waals surface area contributed by atoms with Crippen molar-refractivity contribution < 1.29 is 14.5 Å². The number of nitrogens with one attached hydrogen (secondary N) is 2. The van der Waals surface area contributed by atoms with Gasteiger partial charge in [-0.3, -0.25) is 10.1 Å². The van der Waals surface area contributed by atoms with E-state index < -0.39 is 11.0 Å². The maximum absolute atomic E-state index is 12.1. The Bertz CT molecular complexity index is 759. The molecule has 0 bridgehead atoms. The van der Waals surface area contributed by atoms with Crippen LogP contribution in [0.4, 0.5) is 21.9 Å². The average Bonchev–Trinajstić information content (AvgIpc) is 2.48. The third-order valence-corrected chi connectivity index (χ3v) is 3.25. The summed E-state index contributed by atoms with van der Waals surface area (Å²) in [5, 5.41) is 16.3. The van der Waals surface area contributed by atoms with Crippen LogP contribution in [0.5, 0.6) is 5.75 Å². The van der Waals surface area contributed by atoms with Crippen LogP contribution < -0.4 is 15.4 Å². The second-order valence-corrected chi connectivity index (χ2v) is 5.04. The highest BCUT2D eigenvalue weighted by molar-refractivity contribution is 6.00. The normalized spacial score (nSPS) is 10.0. The van der Waals surface area contributed by atoms with Crippen LogP contribution in [-0.2, 0) is 0 Å². The summed E-state index contributed by atoms with van der Waals surface area (Å²) in [5.41, 5.74) is 2.55. The monoisotopic (exact) mass is 315 g/mol. The van der Waals surface area contributed by atoms with E-state index in [4.69, 9.17) is 4.74 Å². The van der Waals surface area contributed by atoms with Crippen LogP contribution in [0.1, 0.15) is 11.1 Å². The molecule has 0 spiro atoms. The molecule has 120 valence electrons. The van der Waals surface area contributed by atoms with Gasteiger partial charge in [0.05, 0.1) is 12.0 Å². The third-order valence-electron chi connectivity index (χ3n) is 3.25. The number of nitro benzene ring substituents is 1. The first kappa shape index (κ1) is 16.3. The minimum Gasteiger partial charge on any atom is -0.490 e. The molecule has 0 unspecified atom stereocenters. The molecular formula is C16H17N3O4. The van der Waals surface area contributed by atoms with Gasteiger partial charge in [-0.15, -0.1) is 0 Å². The van der Waals surface area contributed by atoms with Crippen LogP contribution in [0.2, 0.25) is 0 Å². The van der Waals surface area contributed by atoms with E-state index in [-0.39, 0.29) is 11.4 Å². The van der Waals surface area contributed by atoms with Gasteiger partial charge >= 0.3 is 11.7 Å². The van der Waals surface area contributed by atoms with E-state index in [0.29, 0.717) is 16.9 Å². The average molecular weight is 315 g/mol. The quantitative estimate of drug-likeness (QED) is 0.661. The number of aryl methyl sites for hydroxylation is 2.